The van der Waals surface area contributed by atoms with Crippen LogP contribution in [0.25, 0.3) is 6.08 Å². The van der Waals surface area contributed by atoms with Crippen LogP contribution in [0.3, 0.4) is 0 Å². The van der Waals surface area contributed by atoms with Crippen molar-refractivity contribution in [1.82, 2.24) is 0 Å². The molecule has 5 heteroatoms. The van der Waals surface area contributed by atoms with Crippen LogP contribution in [0, 0.1) is 11.3 Å². The highest BCUT2D eigenvalue weighted by Gasteiger charge is 2.14. The molecule has 0 aliphatic heterocycles. The van der Waals surface area contributed by atoms with Crippen molar-refractivity contribution in [3.05, 3.63) is 59.2 Å². The first-order chi connectivity index (χ1) is 13.6. The maximum Gasteiger partial charge on any atom is 0.266 e. The molecule has 146 valence electrons. The van der Waals surface area contributed by atoms with Gasteiger partial charge in [-0.05, 0) is 49.6 Å². The predicted molar refractivity (Wildman–Crippen MR) is 111 cm³/mol. The quantitative estimate of drug-likeness (QED) is 0.493. The minimum Gasteiger partial charge on any atom is -0.490 e. The Kier molecular flexibility index (Phi) is 8.11. The number of anilines is 1. The molecule has 2 aromatic rings. The summed E-state index contributed by atoms with van der Waals surface area (Å²) in [5.74, 6) is 0.673. The molecular weight excluding hydrogens is 352 g/mol. The molecule has 0 aromatic heterocycles. The molecule has 0 aliphatic carbocycles. The number of hydrogen-bond donors (Lipinski definition) is 1. The Bertz CT molecular complexity index is 864. The molecule has 1 amide bonds. The number of benzene rings is 2. The fourth-order valence-corrected chi connectivity index (χ4v) is 2.60. The van der Waals surface area contributed by atoms with E-state index < -0.39 is 5.91 Å². The van der Waals surface area contributed by atoms with Gasteiger partial charge in [0.05, 0.1) is 13.2 Å². The molecule has 0 saturated carbocycles. The van der Waals surface area contributed by atoms with Crippen molar-refractivity contribution in [2.75, 3.05) is 18.5 Å². The highest BCUT2D eigenvalue weighted by molar-refractivity contribution is 6.09. The van der Waals surface area contributed by atoms with Gasteiger partial charge in [-0.1, -0.05) is 38.1 Å². The molecule has 0 fully saturated rings. The van der Waals surface area contributed by atoms with E-state index in [2.05, 4.69) is 12.2 Å². The largest absolute Gasteiger partial charge is 0.490 e. The van der Waals surface area contributed by atoms with Gasteiger partial charge in [0, 0.05) is 11.3 Å². The average molecular weight is 378 g/mol. The zero-order valence-electron chi connectivity index (χ0n) is 16.6. The number of ether oxygens (including phenoxy) is 2. The molecule has 1 N–H and O–H groups in total. The summed E-state index contributed by atoms with van der Waals surface area (Å²) in [6.07, 6.45) is 3.29. The second-order valence-electron chi connectivity index (χ2n) is 6.13. The zero-order chi connectivity index (χ0) is 20.4. The summed E-state index contributed by atoms with van der Waals surface area (Å²) in [7, 11) is 0. The number of carbonyl (C=O) groups excluding carboxylic acids is 1. The number of nitrogens with zero attached hydrogens (tertiary/aromatic N) is 1. The molecule has 0 aliphatic rings. The fourth-order valence-electron chi connectivity index (χ4n) is 2.60. The number of amides is 1. The first-order valence-electron chi connectivity index (χ1n) is 9.53. The van der Waals surface area contributed by atoms with Crippen LogP contribution in [0.4, 0.5) is 5.69 Å². The number of nitrogens with one attached hydrogen (secondary N) is 1. The lowest BCUT2D eigenvalue weighted by Gasteiger charge is -2.14. The van der Waals surface area contributed by atoms with Crippen molar-refractivity contribution in [3.63, 3.8) is 0 Å². The SMILES string of the molecule is CCCOc1c(/C=C(\C#N)C(=O)Nc2ccc(CC)cc2)cccc1OCC. The Balaban J connectivity index is 2.30. The number of aryl methyl sites for hydroxylation is 1. The molecule has 0 bridgehead atoms. The van der Waals surface area contributed by atoms with Crippen molar-refractivity contribution in [2.24, 2.45) is 0 Å². The summed E-state index contributed by atoms with van der Waals surface area (Å²) in [5, 5.41) is 12.3. The van der Waals surface area contributed by atoms with E-state index in [1.807, 2.05) is 56.3 Å². The summed E-state index contributed by atoms with van der Waals surface area (Å²) in [6, 6.07) is 15.0. The summed E-state index contributed by atoms with van der Waals surface area (Å²) in [5.41, 5.74) is 2.45. The van der Waals surface area contributed by atoms with E-state index in [-0.39, 0.29) is 5.57 Å². The van der Waals surface area contributed by atoms with Gasteiger partial charge in [0.25, 0.3) is 5.91 Å². The lowest BCUT2D eigenvalue weighted by atomic mass is 10.1. The van der Waals surface area contributed by atoms with E-state index in [4.69, 9.17) is 9.47 Å². The van der Waals surface area contributed by atoms with E-state index in [9.17, 15) is 10.1 Å². The van der Waals surface area contributed by atoms with Crippen LogP contribution in [0.15, 0.2) is 48.0 Å². The van der Waals surface area contributed by atoms with Crippen molar-refractivity contribution < 1.29 is 14.3 Å². The van der Waals surface area contributed by atoms with Crippen LogP contribution in [0.5, 0.6) is 11.5 Å². The van der Waals surface area contributed by atoms with Gasteiger partial charge in [-0.15, -0.1) is 0 Å². The molecule has 0 spiro atoms. The smallest absolute Gasteiger partial charge is 0.266 e. The first kappa shape index (κ1) is 21.0. The van der Waals surface area contributed by atoms with Crippen molar-refractivity contribution in [1.29, 1.82) is 5.26 Å². The fraction of sp³-hybridized carbons (Fsp3) is 0.304. The van der Waals surface area contributed by atoms with Crippen LogP contribution in [0.1, 0.15) is 38.3 Å². The number of rotatable bonds is 9. The summed E-state index contributed by atoms with van der Waals surface area (Å²) in [6.45, 7) is 6.98. The van der Waals surface area contributed by atoms with E-state index >= 15 is 0 Å². The molecule has 5 nitrogen and oxygen atoms in total. The Morgan fingerprint density at radius 2 is 1.86 bits per heavy atom. The average Bonchev–Trinajstić information content (AvgIpc) is 2.72. The molecule has 28 heavy (non-hydrogen) atoms. The molecule has 0 saturated heterocycles. The monoisotopic (exact) mass is 378 g/mol. The maximum atomic E-state index is 12.6. The van der Waals surface area contributed by atoms with Gasteiger partial charge in [-0.25, -0.2) is 0 Å². The van der Waals surface area contributed by atoms with Gasteiger partial charge in [-0.3, -0.25) is 4.79 Å². The molecule has 2 rings (SSSR count). The van der Waals surface area contributed by atoms with Gasteiger partial charge < -0.3 is 14.8 Å². The molecular formula is C23H26N2O3. The molecule has 0 atom stereocenters. The number of carbonyl (C=O) groups is 1. The van der Waals surface area contributed by atoms with Gasteiger partial charge in [0.1, 0.15) is 11.6 Å². The van der Waals surface area contributed by atoms with Crippen molar-refractivity contribution in [2.45, 2.75) is 33.6 Å². The lowest BCUT2D eigenvalue weighted by Crippen LogP contribution is -2.13. The first-order valence-corrected chi connectivity index (χ1v) is 9.53. The van der Waals surface area contributed by atoms with Crippen LogP contribution < -0.4 is 14.8 Å². The Morgan fingerprint density at radius 3 is 2.46 bits per heavy atom. The zero-order valence-corrected chi connectivity index (χ0v) is 16.6. The Labute approximate surface area is 166 Å². The normalized spacial score (nSPS) is 10.9. The summed E-state index contributed by atoms with van der Waals surface area (Å²) >= 11 is 0. The molecule has 0 radical (unpaired) electrons. The predicted octanol–water partition coefficient (Wildman–Crippen LogP) is 4.98. The minimum atomic E-state index is -0.463. The minimum absolute atomic E-state index is 0.00503. The maximum absolute atomic E-state index is 12.6. The van der Waals surface area contributed by atoms with Gasteiger partial charge in [-0.2, -0.15) is 5.26 Å². The highest BCUT2D eigenvalue weighted by Crippen LogP contribution is 2.33. The van der Waals surface area contributed by atoms with Crippen molar-refractivity contribution in [3.8, 4) is 17.6 Å². The lowest BCUT2D eigenvalue weighted by molar-refractivity contribution is -0.112. The Hall–Kier alpha value is -3.26. The summed E-state index contributed by atoms with van der Waals surface area (Å²) < 4.78 is 11.5. The van der Waals surface area contributed by atoms with Crippen LogP contribution in [-0.4, -0.2) is 19.1 Å². The third-order valence-electron chi connectivity index (χ3n) is 4.04. The van der Waals surface area contributed by atoms with E-state index in [0.717, 1.165) is 12.8 Å². The highest BCUT2D eigenvalue weighted by atomic mass is 16.5. The second-order valence-corrected chi connectivity index (χ2v) is 6.13. The van der Waals surface area contributed by atoms with Crippen LogP contribution in [0.2, 0.25) is 0 Å². The van der Waals surface area contributed by atoms with Crippen molar-refractivity contribution >= 4 is 17.7 Å². The van der Waals surface area contributed by atoms with Gasteiger partial charge >= 0.3 is 0 Å². The topological polar surface area (TPSA) is 71.3 Å². The number of nitriles is 1. The number of para-hydroxylation sites is 1. The van der Waals surface area contributed by atoms with E-state index in [1.54, 1.807) is 6.07 Å². The third kappa shape index (κ3) is 5.62. The van der Waals surface area contributed by atoms with Gasteiger partial charge in [0.2, 0.25) is 0 Å². The number of hydrogen-bond acceptors (Lipinski definition) is 4. The van der Waals surface area contributed by atoms with E-state index in [1.165, 1.54) is 11.6 Å². The van der Waals surface area contributed by atoms with E-state index in [0.29, 0.717) is 36.0 Å². The standard InChI is InChI=1S/C23H26N2O3/c1-4-14-28-22-18(8-7-9-21(22)27-6-3)15-19(16-24)23(26)25-20-12-10-17(5-2)11-13-20/h7-13,15H,4-6,14H2,1-3H3,(H,25,26)/b19-15+. The molecule has 2 aromatic carbocycles. The molecule has 0 unspecified atom stereocenters. The van der Waals surface area contributed by atoms with Gasteiger partial charge in [0.15, 0.2) is 11.5 Å². The Morgan fingerprint density at radius 1 is 1.11 bits per heavy atom. The molecule has 0 heterocycles. The summed E-state index contributed by atoms with van der Waals surface area (Å²) in [4.78, 5) is 12.6. The van der Waals surface area contributed by atoms with Crippen LogP contribution in [-0.2, 0) is 11.2 Å². The second kappa shape index (κ2) is 10.8. The third-order valence-corrected chi connectivity index (χ3v) is 4.04. The van der Waals surface area contributed by atoms with Crippen LogP contribution >= 0.6 is 0 Å².